The zero-order valence-electron chi connectivity index (χ0n) is 14.3. The van der Waals surface area contributed by atoms with Crippen molar-refractivity contribution in [1.29, 1.82) is 0 Å². The molecule has 0 atom stereocenters. The Morgan fingerprint density at radius 1 is 0.962 bits per heavy atom. The Hall–Kier alpha value is -3.61. The molecule has 0 saturated heterocycles. The topological polar surface area (TPSA) is 82.3 Å². The van der Waals surface area contributed by atoms with Crippen LogP contribution in [0.1, 0.15) is 0 Å². The van der Waals surface area contributed by atoms with Gasteiger partial charge in [-0.05, 0) is 12.1 Å². The maximum atomic E-state index is 5.52. The predicted molar refractivity (Wildman–Crippen MR) is 97.9 cm³/mol. The van der Waals surface area contributed by atoms with Crippen LogP contribution in [0.2, 0.25) is 0 Å². The number of anilines is 2. The minimum atomic E-state index is 0.476. The molecular formula is C19H16N4O3. The molecule has 0 aliphatic heterocycles. The lowest BCUT2D eigenvalue weighted by Gasteiger charge is -2.11. The van der Waals surface area contributed by atoms with Crippen molar-refractivity contribution in [3.63, 3.8) is 0 Å². The van der Waals surface area contributed by atoms with Crippen molar-refractivity contribution in [1.82, 2.24) is 15.1 Å². The SMILES string of the molecule is COc1ccc(Nc2ncnc3c(-c4ccccc4)noc23)c(OC)c1. The fourth-order valence-electron chi connectivity index (χ4n) is 2.67. The second-order valence-electron chi connectivity index (χ2n) is 5.49. The Balaban J connectivity index is 1.76. The molecule has 0 fully saturated rings. The van der Waals surface area contributed by atoms with Crippen molar-refractivity contribution in [2.24, 2.45) is 0 Å². The van der Waals surface area contributed by atoms with Crippen molar-refractivity contribution in [2.75, 3.05) is 19.5 Å². The van der Waals surface area contributed by atoms with E-state index in [0.29, 0.717) is 34.1 Å². The fraction of sp³-hybridized carbons (Fsp3) is 0.105. The van der Waals surface area contributed by atoms with Gasteiger partial charge >= 0.3 is 0 Å². The van der Waals surface area contributed by atoms with E-state index in [4.69, 9.17) is 14.0 Å². The van der Waals surface area contributed by atoms with E-state index >= 15 is 0 Å². The number of fused-ring (bicyclic) bond motifs is 1. The van der Waals surface area contributed by atoms with E-state index in [9.17, 15) is 0 Å². The van der Waals surface area contributed by atoms with Crippen LogP contribution in [0.25, 0.3) is 22.4 Å². The number of rotatable bonds is 5. The van der Waals surface area contributed by atoms with Crippen LogP contribution in [-0.2, 0) is 0 Å². The average molecular weight is 348 g/mol. The van der Waals surface area contributed by atoms with Crippen LogP contribution in [0.15, 0.2) is 59.4 Å². The van der Waals surface area contributed by atoms with Gasteiger partial charge in [-0.1, -0.05) is 35.5 Å². The third-order valence-electron chi connectivity index (χ3n) is 3.97. The van der Waals surface area contributed by atoms with E-state index in [1.165, 1.54) is 6.33 Å². The molecular weight excluding hydrogens is 332 g/mol. The van der Waals surface area contributed by atoms with Crippen LogP contribution in [0.4, 0.5) is 11.5 Å². The number of hydrogen-bond acceptors (Lipinski definition) is 7. The van der Waals surface area contributed by atoms with Gasteiger partial charge in [0.25, 0.3) is 0 Å². The lowest BCUT2D eigenvalue weighted by atomic mass is 10.1. The fourth-order valence-corrected chi connectivity index (χ4v) is 2.67. The number of benzene rings is 2. The lowest BCUT2D eigenvalue weighted by Crippen LogP contribution is -1.98. The first-order chi connectivity index (χ1) is 12.8. The predicted octanol–water partition coefficient (Wildman–Crippen LogP) is 4.05. The summed E-state index contributed by atoms with van der Waals surface area (Å²) in [6.07, 6.45) is 1.48. The molecule has 4 rings (SSSR count). The number of ether oxygens (including phenoxy) is 2. The number of methoxy groups -OCH3 is 2. The summed E-state index contributed by atoms with van der Waals surface area (Å²) >= 11 is 0. The summed E-state index contributed by atoms with van der Waals surface area (Å²) in [5.74, 6) is 1.83. The van der Waals surface area contributed by atoms with Crippen LogP contribution in [0, 0.1) is 0 Å². The second kappa shape index (κ2) is 6.72. The molecule has 7 heteroatoms. The summed E-state index contributed by atoms with van der Waals surface area (Å²) in [6.45, 7) is 0. The highest BCUT2D eigenvalue weighted by Crippen LogP contribution is 2.34. The molecule has 7 nitrogen and oxygen atoms in total. The Labute approximate surface area is 149 Å². The maximum absolute atomic E-state index is 5.52. The minimum Gasteiger partial charge on any atom is -0.497 e. The lowest BCUT2D eigenvalue weighted by molar-refractivity contribution is 0.395. The number of nitrogens with zero attached hydrogens (tertiary/aromatic N) is 3. The van der Waals surface area contributed by atoms with E-state index in [0.717, 1.165) is 11.3 Å². The number of hydrogen-bond donors (Lipinski definition) is 1. The average Bonchev–Trinajstić information content (AvgIpc) is 3.14. The van der Waals surface area contributed by atoms with E-state index in [1.807, 2.05) is 42.5 Å². The van der Waals surface area contributed by atoms with Crippen molar-refractivity contribution >= 4 is 22.6 Å². The normalized spacial score (nSPS) is 10.7. The number of nitrogens with one attached hydrogen (secondary N) is 1. The first kappa shape index (κ1) is 15.9. The third-order valence-corrected chi connectivity index (χ3v) is 3.97. The molecule has 0 spiro atoms. The molecule has 2 heterocycles. The standard InChI is InChI=1S/C19H16N4O3/c1-24-13-8-9-14(15(10-13)25-2)22-19-18-17(20-11-21-19)16(23-26-18)12-6-4-3-5-7-12/h3-11H,1-2H3,(H,20,21,22). The van der Waals surface area contributed by atoms with Gasteiger partial charge in [0, 0.05) is 11.6 Å². The van der Waals surface area contributed by atoms with Gasteiger partial charge in [0.2, 0.25) is 5.58 Å². The second-order valence-corrected chi connectivity index (χ2v) is 5.49. The largest absolute Gasteiger partial charge is 0.497 e. The van der Waals surface area contributed by atoms with E-state index in [2.05, 4.69) is 20.4 Å². The summed E-state index contributed by atoms with van der Waals surface area (Å²) in [4.78, 5) is 8.62. The third kappa shape index (κ3) is 2.79. The highest BCUT2D eigenvalue weighted by molar-refractivity contribution is 5.94. The Morgan fingerprint density at radius 2 is 1.81 bits per heavy atom. The van der Waals surface area contributed by atoms with Crippen molar-refractivity contribution in [3.8, 4) is 22.8 Å². The molecule has 0 bridgehead atoms. The van der Waals surface area contributed by atoms with Crippen LogP contribution in [0.5, 0.6) is 11.5 Å². The van der Waals surface area contributed by atoms with Crippen LogP contribution in [0.3, 0.4) is 0 Å². The van der Waals surface area contributed by atoms with Gasteiger partial charge < -0.3 is 19.3 Å². The summed E-state index contributed by atoms with van der Waals surface area (Å²) in [5.41, 5.74) is 3.45. The summed E-state index contributed by atoms with van der Waals surface area (Å²) < 4.78 is 16.2. The molecule has 2 aromatic carbocycles. The van der Waals surface area contributed by atoms with Gasteiger partial charge in [-0.25, -0.2) is 9.97 Å². The van der Waals surface area contributed by atoms with Crippen molar-refractivity contribution in [3.05, 3.63) is 54.9 Å². The molecule has 130 valence electrons. The van der Waals surface area contributed by atoms with E-state index in [-0.39, 0.29) is 0 Å². The quantitative estimate of drug-likeness (QED) is 0.582. The van der Waals surface area contributed by atoms with Gasteiger partial charge in [0.05, 0.1) is 19.9 Å². The van der Waals surface area contributed by atoms with Gasteiger partial charge in [0.1, 0.15) is 29.0 Å². The van der Waals surface area contributed by atoms with Crippen molar-refractivity contribution in [2.45, 2.75) is 0 Å². The maximum Gasteiger partial charge on any atom is 0.228 e. The first-order valence-electron chi connectivity index (χ1n) is 7.95. The smallest absolute Gasteiger partial charge is 0.228 e. The molecule has 0 amide bonds. The van der Waals surface area contributed by atoms with Crippen LogP contribution >= 0.6 is 0 Å². The van der Waals surface area contributed by atoms with Gasteiger partial charge in [-0.2, -0.15) is 0 Å². The molecule has 0 aliphatic carbocycles. The van der Waals surface area contributed by atoms with Crippen LogP contribution in [-0.4, -0.2) is 29.3 Å². The molecule has 0 radical (unpaired) electrons. The van der Waals surface area contributed by atoms with Gasteiger partial charge in [0.15, 0.2) is 5.82 Å². The van der Waals surface area contributed by atoms with E-state index < -0.39 is 0 Å². The molecule has 2 aromatic heterocycles. The molecule has 0 unspecified atom stereocenters. The summed E-state index contributed by atoms with van der Waals surface area (Å²) in [7, 11) is 3.20. The van der Waals surface area contributed by atoms with E-state index in [1.54, 1.807) is 20.3 Å². The number of aromatic nitrogens is 3. The zero-order chi connectivity index (χ0) is 17.9. The Bertz CT molecular complexity index is 1050. The first-order valence-corrected chi connectivity index (χ1v) is 7.95. The van der Waals surface area contributed by atoms with Gasteiger partial charge in [-0.3, -0.25) is 0 Å². The van der Waals surface area contributed by atoms with Gasteiger partial charge in [-0.15, -0.1) is 0 Å². The van der Waals surface area contributed by atoms with Crippen molar-refractivity contribution < 1.29 is 14.0 Å². The highest BCUT2D eigenvalue weighted by Gasteiger charge is 2.17. The minimum absolute atomic E-state index is 0.476. The Morgan fingerprint density at radius 3 is 2.58 bits per heavy atom. The summed E-state index contributed by atoms with van der Waals surface area (Å²) in [5, 5.41) is 7.39. The molecule has 0 aliphatic rings. The van der Waals surface area contributed by atoms with Crippen LogP contribution < -0.4 is 14.8 Å². The molecule has 1 N–H and O–H groups in total. The molecule has 0 saturated carbocycles. The monoisotopic (exact) mass is 348 g/mol. The molecule has 4 aromatic rings. The summed E-state index contributed by atoms with van der Waals surface area (Å²) in [6, 6.07) is 15.2. The Kier molecular flexibility index (Phi) is 4.10. The molecule has 26 heavy (non-hydrogen) atoms. The zero-order valence-corrected chi connectivity index (χ0v) is 14.3. The highest BCUT2D eigenvalue weighted by atomic mass is 16.5.